The summed E-state index contributed by atoms with van der Waals surface area (Å²) in [6.07, 6.45) is 1.40. The van der Waals surface area contributed by atoms with Crippen molar-refractivity contribution in [3.63, 3.8) is 0 Å². The number of benzene rings is 2. The molecule has 2 aromatic carbocycles. The van der Waals surface area contributed by atoms with E-state index in [2.05, 4.69) is 5.32 Å². The molecule has 1 atom stereocenters. The molecule has 7 nitrogen and oxygen atoms in total. The normalized spacial score (nSPS) is 12.5. The second kappa shape index (κ2) is 12.9. The first kappa shape index (κ1) is 29.3. The van der Waals surface area contributed by atoms with Crippen LogP contribution in [-0.4, -0.2) is 50.5 Å². The van der Waals surface area contributed by atoms with Crippen molar-refractivity contribution >= 4 is 27.5 Å². The fourth-order valence-electron chi connectivity index (χ4n) is 3.93. The van der Waals surface area contributed by atoms with Crippen molar-refractivity contribution in [2.24, 2.45) is 5.92 Å². The van der Waals surface area contributed by atoms with Crippen LogP contribution >= 0.6 is 0 Å². The highest BCUT2D eigenvalue weighted by atomic mass is 32.2. The summed E-state index contributed by atoms with van der Waals surface area (Å²) in [5, 5.41) is 2.88. The van der Waals surface area contributed by atoms with Crippen LogP contribution in [0.4, 0.5) is 10.1 Å². The maximum atomic E-state index is 13.7. The Morgan fingerprint density at radius 3 is 2.14 bits per heavy atom. The van der Waals surface area contributed by atoms with Gasteiger partial charge in [-0.1, -0.05) is 65.0 Å². The van der Waals surface area contributed by atoms with Gasteiger partial charge in [-0.3, -0.25) is 13.9 Å². The summed E-state index contributed by atoms with van der Waals surface area (Å²) >= 11 is 0. The van der Waals surface area contributed by atoms with E-state index >= 15 is 0 Å². The predicted molar refractivity (Wildman–Crippen MR) is 142 cm³/mol. The number of sulfonamides is 1. The summed E-state index contributed by atoms with van der Waals surface area (Å²) in [5.74, 6) is -0.987. The molecule has 2 rings (SSSR count). The molecule has 2 aromatic rings. The van der Waals surface area contributed by atoms with Gasteiger partial charge in [0.1, 0.15) is 18.4 Å². The minimum Gasteiger partial charge on any atom is -0.354 e. The summed E-state index contributed by atoms with van der Waals surface area (Å²) < 4.78 is 40.3. The molecule has 0 aliphatic rings. The van der Waals surface area contributed by atoms with E-state index in [-0.39, 0.29) is 24.3 Å². The van der Waals surface area contributed by atoms with Gasteiger partial charge in [0.15, 0.2) is 0 Å². The SMILES string of the molecule is CC[C@@H](C(=O)NCC(C)C)N(Cc1ccc(F)cc1)C(=O)CN(c1ccccc1C(C)C)S(C)(=O)=O. The fourth-order valence-corrected chi connectivity index (χ4v) is 4.79. The van der Waals surface area contributed by atoms with Gasteiger partial charge in [0.25, 0.3) is 0 Å². The van der Waals surface area contributed by atoms with Crippen molar-refractivity contribution in [1.29, 1.82) is 0 Å². The molecule has 0 fully saturated rings. The first-order chi connectivity index (χ1) is 16.8. The van der Waals surface area contributed by atoms with Gasteiger partial charge in [0.05, 0.1) is 11.9 Å². The first-order valence-corrected chi connectivity index (χ1v) is 14.1. The van der Waals surface area contributed by atoms with Gasteiger partial charge >= 0.3 is 0 Å². The molecule has 0 aromatic heterocycles. The zero-order chi connectivity index (χ0) is 27.0. The van der Waals surface area contributed by atoms with Gasteiger partial charge in [-0.05, 0) is 47.6 Å². The lowest BCUT2D eigenvalue weighted by molar-refractivity contribution is -0.140. The lowest BCUT2D eigenvalue weighted by atomic mass is 10.0. The van der Waals surface area contributed by atoms with E-state index in [1.165, 1.54) is 17.0 Å². The maximum Gasteiger partial charge on any atom is 0.244 e. The van der Waals surface area contributed by atoms with E-state index in [1.54, 1.807) is 31.2 Å². The Balaban J connectivity index is 2.47. The second-order valence-corrected chi connectivity index (χ2v) is 11.6. The third kappa shape index (κ3) is 8.05. The molecular formula is C27H38FN3O4S. The first-order valence-electron chi connectivity index (χ1n) is 12.2. The number of carbonyl (C=O) groups excluding carboxylic acids is 2. The Kier molecular flexibility index (Phi) is 10.5. The molecule has 0 radical (unpaired) electrons. The average Bonchev–Trinajstić information content (AvgIpc) is 2.81. The number of nitrogens with one attached hydrogen (secondary N) is 1. The standard InChI is InChI=1S/C27H38FN3O4S/c1-7-24(27(33)29-16-19(2)3)30(17-21-12-14-22(28)15-13-21)26(32)18-31(36(6,34)35)25-11-9-8-10-23(25)20(4)5/h8-15,19-20,24H,7,16-18H2,1-6H3,(H,29,33)/t24-/m0/s1. The number of carbonyl (C=O) groups is 2. The summed E-state index contributed by atoms with van der Waals surface area (Å²) in [6.45, 7) is 9.67. The van der Waals surface area contributed by atoms with E-state index in [9.17, 15) is 22.4 Å². The Morgan fingerprint density at radius 1 is 1.00 bits per heavy atom. The Labute approximate surface area is 214 Å². The Morgan fingerprint density at radius 2 is 1.61 bits per heavy atom. The highest BCUT2D eigenvalue weighted by Crippen LogP contribution is 2.29. The van der Waals surface area contributed by atoms with Crippen LogP contribution in [0.3, 0.4) is 0 Å². The topological polar surface area (TPSA) is 86.8 Å². The molecule has 9 heteroatoms. The summed E-state index contributed by atoms with van der Waals surface area (Å²) in [7, 11) is -3.82. The molecule has 0 spiro atoms. The van der Waals surface area contributed by atoms with E-state index in [0.29, 0.717) is 24.2 Å². The van der Waals surface area contributed by atoms with Crippen LogP contribution in [0.2, 0.25) is 0 Å². The number of para-hydroxylation sites is 1. The van der Waals surface area contributed by atoms with Crippen LogP contribution in [-0.2, 0) is 26.2 Å². The molecule has 0 aliphatic carbocycles. The van der Waals surface area contributed by atoms with Crippen LogP contribution in [0.1, 0.15) is 58.1 Å². The zero-order valence-electron chi connectivity index (χ0n) is 22.0. The highest BCUT2D eigenvalue weighted by molar-refractivity contribution is 7.92. The van der Waals surface area contributed by atoms with Gasteiger partial charge in [-0.2, -0.15) is 0 Å². The van der Waals surface area contributed by atoms with Crippen molar-refractivity contribution in [1.82, 2.24) is 10.2 Å². The van der Waals surface area contributed by atoms with Crippen LogP contribution < -0.4 is 9.62 Å². The number of nitrogens with zero attached hydrogens (tertiary/aromatic N) is 2. The number of hydrogen-bond donors (Lipinski definition) is 1. The molecule has 36 heavy (non-hydrogen) atoms. The number of rotatable bonds is 12. The summed E-state index contributed by atoms with van der Waals surface area (Å²) in [6, 6.07) is 11.9. The largest absolute Gasteiger partial charge is 0.354 e. The van der Waals surface area contributed by atoms with Crippen molar-refractivity contribution in [3.05, 3.63) is 65.5 Å². The Bertz CT molecular complexity index is 1130. The number of amides is 2. The smallest absolute Gasteiger partial charge is 0.244 e. The summed E-state index contributed by atoms with van der Waals surface area (Å²) in [5.41, 5.74) is 1.86. The molecule has 198 valence electrons. The van der Waals surface area contributed by atoms with Crippen LogP contribution in [0, 0.1) is 11.7 Å². The molecule has 0 heterocycles. The lowest BCUT2D eigenvalue weighted by Gasteiger charge is -2.33. The van der Waals surface area contributed by atoms with Gasteiger partial charge in [0, 0.05) is 13.1 Å². The molecule has 0 aliphatic heterocycles. The van der Waals surface area contributed by atoms with E-state index in [0.717, 1.165) is 16.1 Å². The molecule has 1 N–H and O–H groups in total. The molecular weight excluding hydrogens is 481 g/mol. The summed E-state index contributed by atoms with van der Waals surface area (Å²) in [4.78, 5) is 28.2. The molecule has 0 saturated carbocycles. The van der Waals surface area contributed by atoms with Gasteiger partial charge < -0.3 is 10.2 Å². The monoisotopic (exact) mass is 519 g/mol. The third-order valence-corrected chi connectivity index (χ3v) is 6.97. The minimum atomic E-state index is -3.82. The number of hydrogen-bond acceptors (Lipinski definition) is 4. The van der Waals surface area contributed by atoms with Crippen LogP contribution in [0.5, 0.6) is 0 Å². The maximum absolute atomic E-state index is 13.7. The van der Waals surface area contributed by atoms with Crippen LogP contribution in [0.25, 0.3) is 0 Å². The minimum absolute atomic E-state index is 0.0288. The van der Waals surface area contributed by atoms with E-state index in [4.69, 9.17) is 0 Å². The molecule has 0 bridgehead atoms. The number of anilines is 1. The highest BCUT2D eigenvalue weighted by Gasteiger charge is 2.32. The zero-order valence-corrected chi connectivity index (χ0v) is 22.8. The predicted octanol–water partition coefficient (Wildman–Crippen LogP) is 4.29. The van der Waals surface area contributed by atoms with Crippen LogP contribution in [0.15, 0.2) is 48.5 Å². The Hall–Kier alpha value is -2.94. The van der Waals surface area contributed by atoms with Crippen molar-refractivity contribution in [2.75, 3.05) is 23.7 Å². The molecule has 0 saturated heterocycles. The van der Waals surface area contributed by atoms with Gasteiger partial charge in [-0.25, -0.2) is 12.8 Å². The van der Waals surface area contributed by atoms with Crippen molar-refractivity contribution < 1.29 is 22.4 Å². The number of halogens is 1. The van der Waals surface area contributed by atoms with Gasteiger partial charge in [-0.15, -0.1) is 0 Å². The van der Waals surface area contributed by atoms with Gasteiger partial charge in [0.2, 0.25) is 21.8 Å². The van der Waals surface area contributed by atoms with E-state index < -0.39 is 34.3 Å². The van der Waals surface area contributed by atoms with E-state index in [1.807, 2.05) is 39.8 Å². The molecule has 0 unspecified atom stereocenters. The molecule has 2 amide bonds. The fraction of sp³-hybridized carbons (Fsp3) is 0.481. The lowest BCUT2D eigenvalue weighted by Crippen LogP contribution is -2.52. The average molecular weight is 520 g/mol. The van der Waals surface area contributed by atoms with Crippen molar-refractivity contribution in [3.8, 4) is 0 Å². The second-order valence-electron chi connectivity index (χ2n) is 9.69. The quantitative estimate of drug-likeness (QED) is 0.453. The third-order valence-electron chi connectivity index (χ3n) is 5.84. The van der Waals surface area contributed by atoms with Crippen molar-refractivity contribution in [2.45, 2.75) is 59.5 Å².